The lowest BCUT2D eigenvalue weighted by Crippen LogP contribution is -2.05. The van der Waals surface area contributed by atoms with Gasteiger partial charge in [-0.05, 0) is 12.5 Å². The smallest absolute Gasteiger partial charge is 0.303 e. The topological polar surface area (TPSA) is 115 Å². The molecular weight excluding hydrogens is 236 g/mol. The summed E-state index contributed by atoms with van der Waals surface area (Å²) in [5, 5.41) is 23.9. The monoisotopic (exact) mass is 246 g/mol. The molecule has 8 heteroatoms. The molecular formula is C10H10N6O2. The summed E-state index contributed by atoms with van der Waals surface area (Å²) in [7, 11) is 0. The van der Waals surface area contributed by atoms with Crippen LogP contribution in [0.15, 0.2) is 18.5 Å². The van der Waals surface area contributed by atoms with E-state index in [1.54, 1.807) is 18.5 Å². The average Bonchev–Trinajstić information content (AvgIpc) is 2.40. The number of aliphatic carboxylic acids is 1. The maximum absolute atomic E-state index is 10.3. The van der Waals surface area contributed by atoms with Gasteiger partial charge in [0, 0.05) is 25.2 Å². The number of carboxylic acid groups (broad SMARTS) is 1. The lowest BCUT2D eigenvalue weighted by molar-refractivity contribution is -0.137. The number of aryl methyl sites for hydroxylation is 1. The second kappa shape index (κ2) is 5.71. The van der Waals surface area contributed by atoms with Gasteiger partial charge >= 0.3 is 5.97 Å². The summed E-state index contributed by atoms with van der Waals surface area (Å²) >= 11 is 0. The van der Waals surface area contributed by atoms with Crippen molar-refractivity contribution >= 4 is 5.97 Å². The van der Waals surface area contributed by atoms with Gasteiger partial charge < -0.3 is 5.11 Å². The zero-order valence-electron chi connectivity index (χ0n) is 9.39. The largest absolute Gasteiger partial charge is 0.481 e. The Kier molecular flexibility index (Phi) is 3.79. The SMILES string of the molecule is O=C(O)CCCc1nnc(-c2ncccn2)nn1. The molecule has 0 aromatic carbocycles. The van der Waals surface area contributed by atoms with Crippen molar-refractivity contribution in [3.8, 4) is 11.6 Å². The number of aromatic nitrogens is 6. The summed E-state index contributed by atoms with van der Waals surface area (Å²) in [6, 6.07) is 1.69. The van der Waals surface area contributed by atoms with Crippen LogP contribution in [0.5, 0.6) is 0 Å². The van der Waals surface area contributed by atoms with Crippen molar-refractivity contribution in [2.75, 3.05) is 0 Å². The fourth-order valence-corrected chi connectivity index (χ4v) is 1.25. The van der Waals surface area contributed by atoms with Crippen LogP contribution in [0.4, 0.5) is 0 Å². The van der Waals surface area contributed by atoms with Crippen molar-refractivity contribution in [1.29, 1.82) is 0 Å². The minimum atomic E-state index is -0.842. The van der Waals surface area contributed by atoms with Gasteiger partial charge in [0.1, 0.15) is 0 Å². The molecule has 0 aliphatic carbocycles. The number of carbonyl (C=O) groups is 1. The fraction of sp³-hybridized carbons (Fsp3) is 0.300. The van der Waals surface area contributed by atoms with E-state index in [0.29, 0.717) is 24.5 Å². The Balaban J connectivity index is 2.00. The number of nitrogens with zero attached hydrogens (tertiary/aromatic N) is 6. The molecule has 0 spiro atoms. The molecule has 0 saturated carbocycles. The second-order valence-corrected chi connectivity index (χ2v) is 3.46. The predicted octanol–water partition coefficient (Wildman–Crippen LogP) is 0.131. The Hall–Kier alpha value is -2.51. The van der Waals surface area contributed by atoms with E-state index in [9.17, 15) is 4.79 Å². The third kappa shape index (κ3) is 3.24. The van der Waals surface area contributed by atoms with Crippen LogP contribution in [0.3, 0.4) is 0 Å². The van der Waals surface area contributed by atoms with E-state index < -0.39 is 5.97 Å². The highest BCUT2D eigenvalue weighted by Gasteiger charge is 2.07. The van der Waals surface area contributed by atoms with Gasteiger partial charge in [0.15, 0.2) is 5.82 Å². The fourth-order valence-electron chi connectivity index (χ4n) is 1.25. The predicted molar refractivity (Wildman–Crippen MR) is 59.2 cm³/mol. The van der Waals surface area contributed by atoms with Crippen molar-refractivity contribution in [2.24, 2.45) is 0 Å². The standard InChI is InChI=1S/C10H10N6O2/c17-8(18)4-1-3-7-13-15-10(16-14-7)9-11-5-2-6-12-9/h2,5-6H,1,3-4H2,(H,17,18). The molecule has 0 aliphatic heterocycles. The van der Waals surface area contributed by atoms with Crippen LogP contribution in [0, 0.1) is 0 Å². The summed E-state index contributed by atoms with van der Waals surface area (Å²) in [4.78, 5) is 18.3. The lowest BCUT2D eigenvalue weighted by atomic mass is 10.2. The van der Waals surface area contributed by atoms with Crippen molar-refractivity contribution in [2.45, 2.75) is 19.3 Å². The number of rotatable bonds is 5. The molecule has 0 amide bonds. The molecule has 0 saturated heterocycles. The minimum Gasteiger partial charge on any atom is -0.481 e. The van der Waals surface area contributed by atoms with Crippen LogP contribution in [-0.4, -0.2) is 41.4 Å². The summed E-state index contributed by atoms with van der Waals surface area (Å²) < 4.78 is 0. The Morgan fingerprint density at radius 3 is 2.33 bits per heavy atom. The summed E-state index contributed by atoms with van der Waals surface area (Å²) in [6.45, 7) is 0. The molecule has 0 bridgehead atoms. The number of hydrogen-bond acceptors (Lipinski definition) is 7. The van der Waals surface area contributed by atoms with E-state index in [1.807, 2.05) is 0 Å². The number of hydrogen-bond donors (Lipinski definition) is 1. The molecule has 2 aromatic heterocycles. The Morgan fingerprint density at radius 2 is 1.72 bits per heavy atom. The molecule has 0 atom stereocenters. The Labute approximate surface area is 102 Å². The van der Waals surface area contributed by atoms with Crippen molar-refractivity contribution in [3.05, 3.63) is 24.3 Å². The minimum absolute atomic E-state index is 0.0763. The first-order chi connectivity index (χ1) is 8.75. The van der Waals surface area contributed by atoms with Crippen LogP contribution in [0.2, 0.25) is 0 Å². The van der Waals surface area contributed by atoms with E-state index in [4.69, 9.17) is 5.11 Å². The van der Waals surface area contributed by atoms with Gasteiger partial charge in [-0.25, -0.2) is 9.97 Å². The quantitative estimate of drug-likeness (QED) is 0.791. The summed E-state index contributed by atoms with van der Waals surface area (Å²) in [5.41, 5.74) is 0. The van der Waals surface area contributed by atoms with Gasteiger partial charge in [0.05, 0.1) is 0 Å². The molecule has 8 nitrogen and oxygen atoms in total. The van der Waals surface area contributed by atoms with E-state index in [2.05, 4.69) is 30.4 Å². The van der Waals surface area contributed by atoms with Crippen molar-refractivity contribution < 1.29 is 9.90 Å². The Bertz CT molecular complexity index is 516. The molecule has 0 radical (unpaired) electrons. The molecule has 0 unspecified atom stereocenters. The summed E-state index contributed by atoms with van der Waals surface area (Å²) in [5.74, 6) is 0.174. The third-order valence-corrected chi connectivity index (χ3v) is 2.08. The molecule has 0 aliphatic rings. The zero-order valence-corrected chi connectivity index (χ0v) is 9.39. The third-order valence-electron chi connectivity index (χ3n) is 2.08. The van der Waals surface area contributed by atoms with Crippen LogP contribution < -0.4 is 0 Å². The first-order valence-corrected chi connectivity index (χ1v) is 5.31. The average molecular weight is 246 g/mol. The van der Waals surface area contributed by atoms with Gasteiger partial charge in [0.2, 0.25) is 11.6 Å². The highest BCUT2D eigenvalue weighted by molar-refractivity contribution is 5.66. The molecule has 2 heterocycles. The lowest BCUT2D eigenvalue weighted by Gasteiger charge is -1.98. The first-order valence-electron chi connectivity index (χ1n) is 5.31. The van der Waals surface area contributed by atoms with E-state index in [1.165, 1.54) is 0 Å². The van der Waals surface area contributed by atoms with Gasteiger partial charge in [-0.1, -0.05) is 0 Å². The van der Waals surface area contributed by atoms with E-state index in [0.717, 1.165) is 0 Å². The van der Waals surface area contributed by atoms with E-state index >= 15 is 0 Å². The maximum Gasteiger partial charge on any atom is 0.303 e. The molecule has 1 N–H and O–H groups in total. The van der Waals surface area contributed by atoms with Gasteiger partial charge in [-0.2, -0.15) is 0 Å². The first kappa shape index (κ1) is 12.0. The number of carboxylic acids is 1. The van der Waals surface area contributed by atoms with Crippen molar-refractivity contribution in [1.82, 2.24) is 30.4 Å². The highest BCUT2D eigenvalue weighted by Crippen LogP contribution is 2.04. The molecule has 18 heavy (non-hydrogen) atoms. The summed E-state index contributed by atoms with van der Waals surface area (Å²) in [6.07, 6.45) is 4.12. The van der Waals surface area contributed by atoms with E-state index in [-0.39, 0.29) is 12.2 Å². The Morgan fingerprint density at radius 1 is 1.06 bits per heavy atom. The normalized spacial score (nSPS) is 10.2. The van der Waals surface area contributed by atoms with Crippen LogP contribution in [-0.2, 0) is 11.2 Å². The maximum atomic E-state index is 10.3. The van der Waals surface area contributed by atoms with Crippen LogP contribution >= 0.6 is 0 Å². The second-order valence-electron chi connectivity index (χ2n) is 3.46. The van der Waals surface area contributed by atoms with Crippen molar-refractivity contribution in [3.63, 3.8) is 0 Å². The highest BCUT2D eigenvalue weighted by atomic mass is 16.4. The zero-order chi connectivity index (χ0) is 12.8. The van der Waals surface area contributed by atoms with Gasteiger partial charge in [-0.15, -0.1) is 20.4 Å². The molecule has 2 rings (SSSR count). The van der Waals surface area contributed by atoms with Crippen LogP contribution in [0.25, 0.3) is 11.6 Å². The molecule has 2 aromatic rings. The van der Waals surface area contributed by atoms with Gasteiger partial charge in [0.25, 0.3) is 0 Å². The molecule has 0 fully saturated rings. The molecule has 92 valence electrons. The van der Waals surface area contributed by atoms with Crippen LogP contribution in [0.1, 0.15) is 18.7 Å². The van der Waals surface area contributed by atoms with Gasteiger partial charge in [-0.3, -0.25) is 4.79 Å².